The fraction of sp³-hybridized carbons (Fsp3) is 0.455. The van der Waals surface area contributed by atoms with Gasteiger partial charge in [-0.05, 0) is 12.1 Å². The molecule has 0 aliphatic carbocycles. The normalized spacial score (nSPS) is 15.2. The Morgan fingerprint density at radius 2 is 1.43 bits per heavy atom. The van der Waals surface area contributed by atoms with Gasteiger partial charge in [-0.15, -0.1) is 0 Å². The summed E-state index contributed by atoms with van der Waals surface area (Å²) in [6.45, 7) is 4.56. The summed E-state index contributed by atoms with van der Waals surface area (Å²) in [6, 6.07) is 9.68. The number of para-hydroxylation sites is 1. The molecule has 0 spiro atoms. The predicted molar refractivity (Wildman–Crippen MR) is 58.7 cm³/mol. The highest BCUT2D eigenvalue weighted by atomic mass is 16.5. The zero-order valence-corrected chi connectivity index (χ0v) is 8.62. The van der Waals surface area contributed by atoms with Crippen molar-refractivity contribution in [3.63, 3.8) is 0 Å². The van der Waals surface area contributed by atoms with Crippen LogP contribution in [0, 0.1) is 0 Å². The Hall–Kier alpha value is -1.06. The molecule has 14 heavy (non-hydrogen) atoms. The van der Waals surface area contributed by atoms with Crippen LogP contribution in [0.3, 0.4) is 0 Å². The van der Waals surface area contributed by atoms with Gasteiger partial charge in [-0.3, -0.25) is 0 Å². The number of benzene rings is 1. The van der Waals surface area contributed by atoms with Gasteiger partial charge in [0.05, 0.1) is 7.11 Å². The second-order valence-corrected chi connectivity index (χ2v) is 3.02. The molecule has 1 aliphatic heterocycles. The number of hydrogen-bond donors (Lipinski definition) is 2. The topological polar surface area (TPSA) is 33.3 Å². The first-order chi connectivity index (χ1) is 6.93. The maximum Gasteiger partial charge on any atom is 0.118 e. The van der Waals surface area contributed by atoms with Gasteiger partial charge in [0.1, 0.15) is 5.75 Å². The van der Waals surface area contributed by atoms with Crippen LogP contribution in [-0.4, -0.2) is 33.3 Å². The van der Waals surface area contributed by atoms with Gasteiger partial charge in [-0.1, -0.05) is 18.2 Å². The van der Waals surface area contributed by atoms with Crippen LogP contribution in [0.5, 0.6) is 5.75 Å². The van der Waals surface area contributed by atoms with Crippen molar-refractivity contribution in [2.75, 3.05) is 33.3 Å². The molecular formula is C11H18N2O. The number of hydrogen-bond acceptors (Lipinski definition) is 3. The SMILES string of the molecule is C1CNCCN1.COc1ccccc1. The summed E-state index contributed by atoms with van der Waals surface area (Å²) >= 11 is 0. The van der Waals surface area contributed by atoms with Crippen molar-refractivity contribution in [3.05, 3.63) is 30.3 Å². The van der Waals surface area contributed by atoms with Crippen molar-refractivity contribution in [1.82, 2.24) is 10.6 Å². The van der Waals surface area contributed by atoms with E-state index < -0.39 is 0 Å². The lowest BCUT2D eigenvalue weighted by Crippen LogP contribution is -2.39. The van der Waals surface area contributed by atoms with E-state index in [1.165, 1.54) is 0 Å². The third kappa shape index (κ3) is 4.84. The molecule has 1 heterocycles. The zero-order chi connectivity index (χ0) is 10.1. The Balaban J connectivity index is 0.000000146. The standard InChI is InChI=1S/C7H8O.C4H10N2/c1-8-7-5-3-2-4-6-7;1-2-6-4-3-5-1/h2-6H,1H3;5-6H,1-4H2. The molecule has 1 aromatic rings. The number of piperazine rings is 1. The van der Waals surface area contributed by atoms with Crippen molar-refractivity contribution < 1.29 is 4.74 Å². The highest BCUT2D eigenvalue weighted by molar-refractivity contribution is 5.20. The third-order valence-corrected chi connectivity index (χ3v) is 1.94. The van der Waals surface area contributed by atoms with Gasteiger partial charge < -0.3 is 15.4 Å². The van der Waals surface area contributed by atoms with Crippen molar-refractivity contribution in [3.8, 4) is 5.75 Å². The number of ether oxygens (including phenoxy) is 1. The fourth-order valence-electron chi connectivity index (χ4n) is 1.16. The van der Waals surface area contributed by atoms with E-state index in [0.717, 1.165) is 31.9 Å². The van der Waals surface area contributed by atoms with Crippen LogP contribution in [0.25, 0.3) is 0 Å². The molecule has 0 bridgehead atoms. The predicted octanol–water partition coefficient (Wildman–Crippen LogP) is 0.874. The van der Waals surface area contributed by atoms with E-state index in [1.807, 2.05) is 30.3 Å². The number of methoxy groups -OCH3 is 1. The Morgan fingerprint density at radius 1 is 0.929 bits per heavy atom. The Kier molecular flexibility index (Phi) is 5.79. The molecule has 0 radical (unpaired) electrons. The first-order valence-corrected chi connectivity index (χ1v) is 4.94. The summed E-state index contributed by atoms with van der Waals surface area (Å²) < 4.78 is 4.91. The van der Waals surface area contributed by atoms with Crippen LogP contribution in [0.2, 0.25) is 0 Å². The highest BCUT2D eigenvalue weighted by Crippen LogP contribution is 2.05. The molecule has 0 atom stereocenters. The van der Waals surface area contributed by atoms with E-state index in [2.05, 4.69) is 10.6 Å². The maximum atomic E-state index is 4.91. The van der Waals surface area contributed by atoms with Crippen LogP contribution < -0.4 is 15.4 Å². The van der Waals surface area contributed by atoms with Crippen LogP contribution in [0.4, 0.5) is 0 Å². The zero-order valence-electron chi connectivity index (χ0n) is 8.62. The quantitative estimate of drug-likeness (QED) is 0.696. The summed E-state index contributed by atoms with van der Waals surface area (Å²) in [4.78, 5) is 0. The monoisotopic (exact) mass is 194 g/mol. The molecule has 1 aromatic carbocycles. The average molecular weight is 194 g/mol. The number of rotatable bonds is 1. The smallest absolute Gasteiger partial charge is 0.118 e. The molecule has 0 aromatic heterocycles. The second-order valence-electron chi connectivity index (χ2n) is 3.02. The van der Waals surface area contributed by atoms with Crippen LogP contribution >= 0.6 is 0 Å². The minimum atomic E-state index is 0.910. The van der Waals surface area contributed by atoms with E-state index in [-0.39, 0.29) is 0 Å². The van der Waals surface area contributed by atoms with Gasteiger partial charge in [-0.25, -0.2) is 0 Å². The van der Waals surface area contributed by atoms with Gasteiger partial charge >= 0.3 is 0 Å². The molecular weight excluding hydrogens is 176 g/mol. The first-order valence-electron chi connectivity index (χ1n) is 4.94. The summed E-state index contributed by atoms with van der Waals surface area (Å²) in [6.07, 6.45) is 0. The second kappa shape index (κ2) is 7.35. The minimum Gasteiger partial charge on any atom is -0.497 e. The van der Waals surface area contributed by atoms with E-state index in [4.69, 9.17) is 4.74 Å². The van der Waals surface area contributed by atoms with Crippen molar-refractivity contribution >= 4 is 0 Å². The Morgan fingerprint density at radius 3 is 1.71 bits per heavy atom. The largest absolute Gasteiger partial charge is 0.497 e. The molecule has 0 amide bonds. The lowest BCUT2D eigenvalue weighted by atomic mass is 10.3. The molecule has 1 fully saturated rings. The van der Waals surface area contributed by atoms with E-state index in [0.29, 0.717) is 0 Å². The van der Waals surface area contributed by atoms with E-state index in [9.17, 15) is 0 Å². The van der Waals surface area contributed by atoms with Crippen molar-refractivity contribution in [2.45, 2.75) is 0 Å². The van der Waals surface area contributed by atoms with Crippen molar-refractivity contribution in [1.29, 1.82) is 0 Å². The molecule has 3 nitrogen and oxygen atoms in total. The summed E-state index contributed by atoms with van der Waals surface area (Å²) in [5.74, 6) is 0.910. The minimum absolute atomic E-state index is 0.910. The fourth-order valence-corrected chi connectivity index (χ4v) is 1.16. The molecule has 78 valence electrons. The van der Waals surface area contributed by atoms with Crippen LogP contribution in [0.15, 0.2) is 30.3 Å². The third-order valence-electron chi connectivity index (χ3n) is 1.94. The lowest BCUT2D eigenvalue weighted by Gasteiger charge is -2.11. The lowest BCUT2D eigenvalue weighted by molar-refractivity contribution is 0.415. The molecule has 0 unspecified atom stereocenters. The van der Waals surface area contributed by atoms with Gasteiger partial charge in [0.2, 0.25) is 0 Å². The van der Waals surface area contributed by atoms with Crippen molar-refractivity contribution in [2.24, 2.45) is 0 Å². The van der Waals surface area contributed by atoms with Gasteiger partial charge in [0.25, 0.3) is 0 Å². The van der Waals surface area contributed by atoms with Crippen LogP contribution in [-0.2, 0) is 0 Å². The molecule has 1 aliphatic rings. The summed E-state index contributed by atoms with van der Waals surface area (Å²) in [5, 5.41) is 6.44. The van der Waals surface area contributed by atoms with E-state index in [1.54, 1.807) is 7.11 Å². The van der Waals surface area contributed by atoms with Gasteiger partial charge in [0.15, 0.2) is 0 Å². The number of nitrogens with one attached hydrogen (secondary N) is 2. The highest BCUT2D eigenvalue weighted by Gasteiger charge is 1.91. The Labute approximate surface area is 85.5 Å². The molecule has 2 rings (SSSR count). The van der Waals surface area contributed by atoms with Gasteiger partial charge in [-0.2, -0.15) is 0 Å². The molecule has 3 heteroatoms. The Bertz CT molecular complexity index is 210. The molecule has 2 N–H and O–H groups in total. The summed E-state index contributed by atoms with van der Waals surface area (Å²) in [7, 11) is 1.66. The van der Waals surface area contributed by atoms with E-state index >= 15 is 0 Å². The summed E-state index contributed by atoms with van der Waals surface area (Å²) in [5.41, 5.74) is 0. The molecule has 1 saturated heterocycles. The average Bonchev–Trinajstić information content (AvgIpc) is 2.33. The first kappa shape index (κ1) is 11.0. The molecule has 0 saturated carbocycles. The maximum absolute atomic E-state index is 4.91. The van der Waals surface area contributed by atoms with Gasteiger partial charge in [0, 0.05) is 26.2 Å². The van der Waals surface area contributed by atoms with Crippen LogP contribution in [0.1, 0.15) is 0 Å².